The highest BCUT2D eigenvalue weighted by atomic mass is 35.5. The summed E-state index contributed by atoms with van der Waals surface area (Å²) in [6.45, 7) is 5.99. The van der Waals surface area contributed by atoms with Gasteiger partial charge in [-0.15, -0.1) is 0 Å². The lowest BCUT2D eigenvalue weighted by Crippen LogP contribution is -2.23. The topological polar surface area (TPSA) is 46.9 Å². The molecule has 3 aromatic rings. The van der Waals surface area contributed by atoms with Crippen molar-refractivity contribution in [3.63, 3.8) is 0 Å². The Morgan fingerprint density at radius 1 is 1.23 bits per heavy atom. The van der Waals surface area contributed by atoms with Crippen LogP contribution in [0.4, 0.5) is 5.69 Å². The number of carbonyl (C=O) groups excluding carboxylic acids is 1. The molecular formula is C20H20ClN3OS. The number of benzene rings is 2. The standard InChI is InChI=1S/C20H20ClN3OS/c1-13-8-9-14(2)18(12-13)24-11-10-22-20(24)26-15(3)19(25)23-17-7-5-4-6-16(17)21/h4-12,15H,1-3H3,(H,23,25). The Hall–Kier alpha value is -2.24. The Morgan fingerprint density at radius 2 is 2.00 bits per heavy atom. The number of hydrogen-bond donors (Lipinski definition) is 1. The fraction of sp³-hybridized carbons (Fsp3) is 0.200. The van der Waals surface area contributed by atoms with Crippen molar-refractivity contribution < 1.29 is 4.79 Å². The summed E-state index contributed by atoms with van der Waals surface area (Å²) in [6.07, 6.45) is 3.67. The van der Waals surface area contributed by atoms with Crippen molar-refractivity contribution in [2.24, 2.45) is 0 Å². The number of thioether (sulfide) groups is 1. The molecule has 1 amide bonds. The molecule has 0 aliphatic heterocycles. The summed E-state index contributed by atoms with van der Waals surface area (Å²) in [6, 6.07) is 13.5. The zero-order valence-electron chi connectivity index (χ0n) is 14.9. The highest BCUT2D eigenvalue weighted by Gasteiger charge is 2.19. The van der Waals surface area contributed by atoms with Gasteiger partial charge < -0.3 is 5.32 Å². The smallest absolute Gasteiger partial charge is 0.237 e. The monoisotopic (exact) mass is 385 g/mol. The van der Waals surface area contributed by atoms with Gasteiger partial charge in [-0.1, -0.05) is 47.6 Å². The number of imidazole rings is 1. The van der Waals surface area contributed by atoms with Crippen LogP contribution in [0.3, 0.4) is 0 Å². The number of para-hydroxylation sites is 1. The van der Waals surface area contributed by atoms with E-state index in [0.717, 1.165) is 16.4 Å². The molecular weight excluding hydrogens is 366 g/mol. The van der Waals surface area contributed by atoms with E-state index in [4.69, 9.17) is 11.6 Å². The van der Waals surface area contributed by atoms with Gasteiger partial charge in [-0.2, -0.15) is 0 Å². The Kier molecular flexibility index (Phi) is 5.69. The Bertz CT molecular complexity index is 938. The molecule has 1 aromatic heterocycles. The molecule has 6 heteroatoms. The molecule has 26 heavy (non-hydrogen) atoms. The molecule has 0 saturated heterocycles. The van der Waals surface area contributed by atoms with Gasteiger partial charge in [0, 0.05) is 12.4 Å². The molecule has 1 N–H and O–H groups in total. The lowest BCUT2D eigenvalue weighted by Gasteiger charge is -2.15. The van der Waals surface area contributed by atoms with Crippen LogP contribution >= 0.6 is 23.4 Å². The van der Waals surface area contributed by atoms with Gasteiger partial charge in [-0.25, -0.2) is 4.98 Å². The number of halogens is 1. The molecule has 3 rings (SSSR count). The zero-order chi connectivity index (χ0) is 18.7. The minimum Gasteiger partial charge on any atom is -0.324 e. The Labute approximate surface area is 162 Å². The molecule has 1 unspecified atom stereocenters. The molecule has 1 atom stereocenters. The van der Waals surface area contributed by atoms with Crippen molar-refractivity contribution >= 4 is 35.0 Å². The van der Waals surface area contributed by atoms with E-state index in [-0.39, 0.29) is 11.2 Å². The van der Waals surface area contributed by atoms with Crippen molar-refractivity contribution in [1.29, 1.82) is 0 Å². The third-order valence-corrected chi connectivity index (χ3v) is 5.42. The molecule has 0 aliphatic rings. The van der Waals surface area contributed by atoms with Gasteiger partial charge in [0.1, 0.15) is 0 Å². The van der Waals surface area contributed by atoms with Crippen LogP contribution in [0.15, 0.2) is 60.0 Å². The van der Waals surface area contributed by atoms with Gasteiger partial charge >= 0.3 is 0 Å². The van der Waals surface area contributed by atoms with E-state index in [2.05, 4.69) is 42.3 Å². The van der Waals surface area contributed by atoms with Gasteiger partial charge in [0.25, 0.3) is 0 Å². The summed E-state index contributed by atoms with van der Waals surface area (Å²) in [5.74, 6) is -0.112. The fourth-order valence-corrected chi connectivity index (χ4v) is 3.61. The zero-order valence-corrected chi connectivity index (χ0v) is 16.4. The number of nitrogens with one attached hydrogen (secondary N) is 1. The van der Waals surface area contributed by atoms with Crippen LogP contribution in [0.2, 0.25) is 5.02 Å². The molecule has 134 valence electrons. The van der Waals surface area contributed by atoms with Gasteiger partial charge in [0.15, 0.2) is 5.16 Å². The number of nitrogens with zero attached hydrogens (tertiary/aromatic N) is 2. The summed E-state index contributed by atoms with van der Waals surface area (Å²) >= 11 is 7.53. The first-order chi connectivity index (χ1) is 12.5. The number of hydrogen-bond acceptors (Lipinski definition) is 3. The average Bonchev–Trinajstić information content (AvgIpc) is 3.07. The van der Waals surface area contributed by atoms with E-state index in [1.807, 2.05) is 29.8 Å². The van der Waals surface area contributed by atoms with Crippen LogP contribution in [0.25, 0.3) is 5.69 Å². The molecule has 4 nitrogen and oxygen atoms in total. The number of anilines is 1. The van der Waals surface area contributed by atoms with E-state index < -0.39 is 0 Å². The molecule has 0 fully saturated rings. The van der Waals surface area contributed by atoms with Crippen LogP contribution in [0.1, 0.15) is 18.1 Å². The van der Waals surface area contributed by atoms with E-state index in [1.165, 1.54) is 17.3 Å². The third-order valence-electron chi connectivity index (χ3n) is 4.01. The lowest BCUT2D eigenvalue weighted by molar-refractivity contribution is -0.115. The molecule has 2 aromatic carbocycles. The van der Waals surface area contributed by atoms with Crippen LogP contribution in [0.5, 0.6) is 0 Å². The quantitative estimate of drug-likeness (QED) is 0.609. The first-order valence-corrected chi connectivity index (χ1v) is 9.54. The van der Waals surface area contributed by atoms with Crippen molar-refractivity contribution in [2.45, 2.75) is 31.2 Å². The minimum absolute atomic E-state index is 0.112. The molecule has 1 heterocycles. The van der Waals surface area contributed by atoms with E-state index in [1.54, 1.807) is 18.3 Å². The average molecular weight is 386 g/mol. The second kappa shape index (κ2) is 7.98. The summed E-state index contributed by atoms with van der Waals surface area (Å²) in [7, 11) is 0. The van der Waals surface area contributed by atoms with Crippen LogP contribution in [-0.2, 0) is 4.79 Å². The first kappa shape index (κ1) is 18.5. The lowest BCUT2D eigenvalue weighted by atomic mass is 10.1. The van der Waals surface area contributed by atoms with Crippen LogP contribution in [0, 0.1) is 13.8 Å². The van der Waals surface area contributed by atoms with Gasteiger partial charge in [-0.3, -0.25) is 9.36 Å². The summed E-state index contributed by atoms with van der Waals surface area (Å²) in [4.78, 5) is 17.0. The summed E-state index contributed by atoms with van der Waals surface area (Å²) in [5, 5.41) is 3.85. The van der Waals surface area contributed by atoms with Crippen LogP contribution < -0.4 is 5.32 Å². The maximum Gasteiger partial charge on any atom is 0.237 e. The van der Waals surface area contributed by atoms with Gasteiger partial charge in [0.05, 0.1) is 21.6 Å². The maximum absolute atomic E-state index is 12.5. The van der Waals surface area contributed by atoms with Crippen molar-refractivity contribution in [3.05, 3.63) is 71.0 Å². The molecule has 0 aliphatic carbocycles. The third kappa shape index (κ3) is 4.11. The van der Waals surface area contributed by atoms with E-state index in [9.17, 15) is 4.79 Å². The van der Waals surface area contributed by atoms with Gasteiger partial charge in [-0.05, 0) is 50.1 Å². The van der Waals surface area contributed by atoms with E-state index >= 15 is 0 Å². The normalized spacial score (nSPS) is 12.0. The molecule has 0 radical (unpaired) electrons. The predicted molar refractivity (Wildman–Crippen MR) is 108 cm³/mol. The Balaban J connectivity index is 1.77. The Morgan fingerprint density at radius 3 is 2.77 bits per heavy atom. The SMILES string of the molecule is Cc1ccc(C)c(-n2ccnc2SC(C)C(=O)Nc2ccccc2Cl)c1. The second-order valence-electron chi connectivity index (χ2n) is 6.10. The highest BCUT2D eigenvalue weighted by molar-refractivity contribution is 8.00. The van der Waals surface area contributed by atoms with Crippen LogP contribution in [-0.4, -0.2) is 20.7 Å². The summed E-state index contributed by atoms with van der Waals surface area (Å²) < 4.78 is 2.02. The van der Waals surface area contributed by atoms with E-state index in [0.29, 0.717) is 10.7 Å². The number of amides is 1. The fourth-order valence-electron chi connectivity index (χ4n) is 2.55. The number of rotatable bonds is 5. The second-order valence-corrected chi connectivity index (χ2v) is 7.81. The predicted octanol–water partition coefficient (Wildman–Crippen LogP) is 5.26. The van der Waals surface area contributed by atoms with Gasteiger partial charge in [0.2, 0.25) is 5.91 Å². The highest BCUT2D eigenvalue weighted by Crippen LogP contribution is 2.28. The maximum atomic E-state index is 12.5. The molecule has 0 saturated carbocycles. The first-order valence-electron chi connectivity index (χ1n) is 8.28. The molecule has 0 spiro atoms. The number of aryl methyl sites for hydroxylation is 2. The van der Waals surface area contributed by atoms with Crippen molar-refractivity contribution in [1.82, 2.24) is 9.55 Å². The largest absolute Gasteiger partial charge is 0.324 e. The minimum atomic E-state index is -0.322. The number of aromatic nitrogens is 2. The molecule has 0 bridgehead atoms. The number of carbonyl (C=O) groups is 1. The van der Waals surface area contributed by atoms with Crippen molar-refractivity contribution in [3.8, 4) is 5.69 Å². The van der Waals surface area contributed by atoms with Crippen molar-refractivity contribution in [2.75, 3.05) is 5.32 Å². The summed E-state index contributed by atoms with van der Waals surface area (Å²) in [5.41, 5.74) is 4.02.